The van der Waals surface area contributed by atoms with Gasteiger partial charge in [-0.05, 0) is 42.0 Å². The number of nitrogens with zero attached hydrogens (tertiary/aromatic N) is 2. The molecule has 7 heteroatoms. The molecule has 0 spiro atoms. The van der Waals surface area contributed by atoms with Gasteiger partial charge in [-0.25, -0.2) is 14.4 Å². The van der Waals surface area contributed by atoms with Crippen molar-refractivity contribution in [3.05, 3.63) is 90.5 Å². The number of carbonyl (C=O) groups excluding carboxylic acids is 1. The van der Waals surface area contributed by atoms with E-state index in [9.17, 15) is 9.18 Å². The Bertz CT molecular complexity index is 1210. The van der Waals surface area contributed by atoms with Crippen molar-refractivity contribution in [3.63, 3.8) is 0 Å². The summed E-state index contributed by atoms with van der Waals surface area (Å²) in [6, 6.07) is 18.7. The van der Waals surface area contributed by atoms with Crippen LogP contribution in [0.2, 0.25) is 0 Å². The van der Waals surface area contributed by atoms with Crippen molar-refractivity contribution in [1.82, 2.24) is 9.97 Å². The first kappa shape index (κ1) is 19.1. The normalized spacial score (nSPS) is 10.6. The summed E-state index contributed by atoms with van der Waals surface area (Å²) in [5, 5.41) is 0. The van der Waals surface area contributed by atoms with Crippen LogP contribution in [-0.4, -0.2) is 15.9 Å². The first-order valence-corrected chi connectivity index (χ1v) is 9.06. The Balaban J connectivity index is 1.65. The predicted molar refractivity (Wildman–Crippen MR) is 112 cm³/mol. The maximum Gasteiger partial charge on any atom is 0.248 e. The molecule has 0 saturated heterocycles. The molecule has 1 amide bonds. The summed E-state index contributed by atoms with van der Waals surface area (Å²) in [5.74, 6) is 0.284. The van der Waals surface area contributed by atoms with Gasteiger partial charge in [-0.15, -0.1) is 0 Å². The second-order valence-electron chi connectivity index (χ2n) is 6.51. The third kappa shape index (κ3) is 3.95. The van der Waals surface area contributed by atoms with E-state index in [4.69, 9.17) is 16.2 Å². The maximum absolute atomic E-state index is 14.8. The van der Waals surface area contributed by atoms with Crippen LogP contribution in [-0.2, 0) is 0 Å². The van der Waals surface area contributed by atoms with Gasteiger partial charge in [0.25, 0.3) is 0 Å². The average Bonchev–Trinajstić information content (AvgIpc) is 2.75. The van der Waals surface area contributed by atoms with Gasteiger partial charge in [0.15, 0.2) is 0 Å². The fourth-order valence-electron chi connectivity index (χ4n) is 3.00. The quantitative estimate of drug-likeness (QED) is 0.516. The van der Waals surface area contributed by atoms with Gasteiger partial charge in [0.2, 0.25) is 11.9 Å². The first-order chi connectivity index (χ1) is 14.5. The van der Waals surface area contributed by atoms with E-state index in [2.05, 4.69) is 9.97 Å². The fraction of sp³-hybridized carbons (Fsp3) is 0. The zero-order valence-electron chi connectivity index (χ0n) is 15.7. The number of carbonyl (C=O) groups is 1. The van der Waals surface area contributed by atoms with Crippen LogP contribution in [0.3, 0.4) is 0 Å². The molecule has 0 radical (unpaired) electrons. The zero-order chi connectivity index (χ0) is 21.1. The number of hydrogen-bond acceptors (Lipinski definition) is 5. The standard InChI is InChI=1S/C23H17FN4O2/c24-20-11-15(7-10-18(20)16-12-27-23(26)28-13-16)19-3-1-2-4-21(19)30-17-8-5-14(6-9-17)22(25)29/h1-13H,(H2,25,29)(H2,26,27,28). The van der Waals surface area contributed by atoms with Crippen LogP contribution in [0.5, 0.6) is 11.5 Å². The number of hydrogen-bond donors (Lipinski definition) is 2. The zero-order valence-corrected chi connectivity index (χ0v) is 15.7. The van der Waals surface area contributed by atoms with E-state index in [1.54, 1.807) is 42.5 Å². The van der Waals surface area contributed by atoms with Crippen molar-refractivity contribution in [3.8, 4) is 33.8 Å². The summed E-state index contributed by atoms with van der Waals surface area (Å²) in [6.45, 7) is 0. The third-order valence-corrected chi connectivity index (χ3v) is 4.52. The molecule has 0 saturated carbocycles. The van der Waals surface area contributed by atoms with Crippen LogP contribution < -0.4 is 16.2 Å². The van der Waals surface area contributed by atoms with E-state index in [0.29, 0.717) is 33.8 Å². The molecule has 4 aromatic rings. The summed E-state index contributed by atoms with van der Waals surface area (Å²) < 4.78 is 20.8. The van der Waals surface area contributed by atoms with Crippen molar-refractivity contribution < 1.29 is 13.9 Å². The van der Waals surface area contributed by atoms with Gasteiger partial charge in [-0.1, -0.05) is 30.3 Å². The number of aromatic nitrogens is 2. The minimum Gasteiger partial charge on any atom is -0.457 e. The van der Waals surface area contributed by atoms with E-state index >= 15 is 0 Å². The number of anilines is 1. The molecule has 6 nitrogen and oxygen atoms in total. The molecule has 0 atom stereocenters. The topological polar surface area (TPSA) is 104 Å². The minimum atomic E-state index is -0.510. The fourth-order valence-corrected chi connectivity index (χ4v) is 3.00. The molecule has 0 unspecified atom stereocenters. The van der Waals surface area contributed by atoms with Crippen molar-refractivity contribution in [2.45, 2.75) is 0 Å². The molecule has 1 aromatic heterocycles. The van der Waals surface area contributed by atoms with Crippen LogP contribution in [0, 0.1) is 5.82 Å². The highest BCUT2D eigenvalue weighted by Crippen LogP contribution is 2.35. The van der Waals surface area contributed by atoms with Crippen molar-refractivity contribution in [2.24, 2.45) is 5.73 Å². The van der Waals surface area contributed by atoms with Crippen LogP contribution >= 0.6 is 0 Å². The lowest BCUT2D eigenvalue weighted by molar-refractivity contribution is 0.100. The number of rotatable bonds is 5. The highest BCUT2D eigenvalue weighted by molar-refractivity contribution is 5.92. The van der Waals surface area contributed by atoms with Gasteiger partial charge >= 0.3 is 0 Å². The van der Waals surface area contributed by atoms with Gasteiger partial charge in [0.1, 0.15) is 17.3 Å². The van der Waals surface area contributed by atoms with Crippen LogP contribution in [0.4, 0.5) is 10.3 Å². The molecule has 0 aliphatic heterocycles. The molecular weight excluding hydrogens is 383 g/mol. The molecule has 4 N–H and O–H groups in total. The number of nitrogens with two attached hydrogens (primary N) is 2. The number of ether oxygens (including phenoxy) is 1. The predicted octanol–water partition coefficient (Wildman–Crippen LogP) is 4.42. The molecule has 0 fully saturated rings. The third-order valence-electron chi connectivity index (χ3n) is 4.52. The highest BCUT2D eigenvalue weighted by Gasteiger charge is 2.12. The summed E-state index contributed by atoms with van der Waals surface area (Å²) in [6.07, 6.45) is 2.96. The molecule has 0 aliphatic rings. The molecule has 4 rings (SSSR count). The molecule has 0 aliphatic carbocycles. The minimum absolute atomic E-state index is 0.130. The summed E-state index contributed by atoms with van der Waals surface area (Å²) in [5.41, 5.74) is 13.4. The van der Waals surface area contributed by atoms with Crippen molar-refractivity contribution in [1.29, 1.82) is 0 Å². The van der Waals surface area contributed by atoms with E-state index in [0.717, 1.165) is 5.56 Å². The largest absolute Gasteiger partial charge is 0.457 e. The second kappa shape index (κ2) is 8.00. The van der Waals surface area contributed by atoms with E-state index in [1.165, 1.54) is 18.5 Å². The monoisotopic (exact) mass is 400 g/mol. The lowest BCUT2D eigenvalue weighted by Crippen LogP contribution is -2.10. The molecule has 148 valence electrons. The lowest BCUT2D eigenvalue weighted by atomic mass is 10.0. The smallest absolute Gasteiger partial charge is 0.248 e. The number of benzene rings is 3. The van der Waals surface area contributed by atoms with E-state index < -0.39 is 11.7 Å². The number of para-hydroxylation sites is 1. The van der Waals surface area contributed by atoms with Crippen molar-refractivity contribution in [2.75, 3.05) is 5.73 Å². The van der Waals surface area contributed by atoms with Crippen LogP contribution in [0.1, 0.15) is 10.4 Å². The van der Waals surface area contributed by atoms with Gasteiger partial charge in [0.05, 0.1) is 0 Å². The SMILES string of the molecule is NC(=O)c1ccc(Oc2ccccc2-c2ccc(-c3cnc(N)nc3)c(F)c2)cc1. The molecular formula is C23H17FN4O2. The molecule has 0 bridgehead atoms. The second-order valence-corrected chi connectivity index (χ2v) is 6.51. The molecule has 30 heavy (non-hydrogen) atoms. The Morgan fingerprint density at radius 2 is 1.57 bits per heavy atom. The van der Waals surface area contributed by atoms with Crippen LogP contribution in [0.25, 0.3) is 22.3 Å². The number of primary amides is 1. The molecule has 1 heterocycles. The Morgan fingerprint density at radius 3 is 2.23 bits per heavy atom. The van der Waals surface area contributed by atoms with Gasteiger partial charge in [-0.2, -0.15) is 0 Å². The molecule has 3 aromatic carbocycles. The average molecular weight is 400 g/mol. The highest BCUT2D eigenvalue weighted by atomic mass is 19.1. The van der Waals surface area contributed by atoms with Gasteiger partial charge in [-0.3, -0.25) is 4.79 Å². The Morgan fingerprint density at radius 1 is 0.867 bits per heavy atom. The lowest BCUT2D eigenvalue weighted by Gasteiger charge is -2.13. The number of halogens is 1. The van der Waals surface area contributed by atoms with Crippen molar-refractivity contribution >= 4 is 11.9 Å². The van der Waals surface area contributed by atoms with Gasteiger partial charge < -0.3 is 16.2 Å². The summed E-state index contributed by atoms with van der Waals surface area (Å²) in [4.78, 5) is 19.0. The Kier molecular flexibility index (Phi) is 5.09. The Labute approximate surface area is 172 Å². The first-order valence-electron chi connectivity index (χ1n) is 9.06. The summed E-state index contributed by atoms with van der Waals surface area (Å²) in [7, 11) is 0. The van der Waals surface area contributed by atoms with Gasteiger partial charge in [0, 0.05) is 34.6 Å². The Hall–Kier alpha value is -4.26. The number of amides is 1. The number of nitrogen functional groups attached to an aromatic ring is 1. The maximum atomic E-state index is 14.8. The van der Waals surface area contributed by atoms with Crippen LogP contribution in [0.15, 0.2) is 79.1 Å². The van der Waals surface area contributed by atoms with E-state index in [-0.39, 0.29) is 5.95 Å². The van der Waals surface area contributed by atoms with E-state index in [1.807, 2.05) is 18.2 Å². The summed E-state index contributed by atoms with van der Waals surface area (Å²) >= 11 is 0.